The maximum Gasteiger partial charge on any atom is 0.255 e. The number of carbonyl (C=O) groups is 1. The van der Waals surface area contributed by atoms with Crippen LogP contribution in [-0.4, -0.2) is 20.9 Å². The Labute approximate surface area is 151 Å². The van der Waals surface area contributed by atoms with Gasteiger partial charge in [-0.15, -0.1) is 6.58 Å². The molecule has 0 aromatic heterocycles. The zero-order valence-corrected chi connectivity index (χ0v) is 14.5. The predicted octanol–water partition coefficient (Wildman–Crippen LogP) is 2.61. The number of hydrogen-bond donors (Lipinski definition) is 2. The van der Waals surface area contributed by atoms with Crippen LogP contribution in [-0.2, 0) is 16.4 Å². The quantitative estimate of drug-likeness (QED) is 0.729. The van der Waals surface area contributed by atoms with Gasteiger partial charge in [-0.05, 0) is 35.9 Å². The Morgan fingerprint density at radius 1 is 1.23 bits per heavy atom. The van der Waals surface area contributed by atoms with E-state index in [0.29, 0.717) is 5.69 Å². The molecule has 0 radical (unpaired) electrons. The third-order valence-corrected chi connectivity index (χ3v) is 4.83. The van der Waals surface area contributed by atoms with Gasteiger partial charge in [0.15, 0.2) is 0 Å². The molecule has 8 heteroatoms. The second kappa shape index (κ2) is 8.38. The standard InChI is InChI=1S/C18H16FN3O3S/c1-2-11-21-26(24,25)17-12-14(5-8-16(17)19)18(23)22-15-6-3-13(4-7-15)9-10-20/h2-8,12,21H,1,9,11H2,(H,22,23). The molecule has 0 saturated heterocycles. The molecule has 0 aliphatic carbocycles. The minimum absolute atomic E-state index is 0.00789. The number of sulfonamides is 1. The largest absolute Gasteiger partial charge is 0.322 e. The van der Waals surface area contributed by atoms with Gasteiger partial charge in [0, 0.05) is 17.8 Å². The summed E-state index contributed by atoms with van der Waals surface area (Å²) < 4.78 is 40.2. The lowest BCUT2D eigenvalue weighted by Gasteiger charge is -2.09. The van der Waals surface area contributed by atoms with Gasteiger partial charge in [-0.25, -0.2) is 17.5 Å². The van der Waals surface area contributed by atoms with Crippen molar-refractivity contribution in [2.75, 3.05) is 11.9 Å². The molecule has 0 heterocycles. The van der Waals surface area contributed by atoms with Crippen molar-refractivity contribution in [3.05, 3.63) is 72.1 Å². The van der Waals surface area contributed by atoms with Gasteiger partial charge >= 0.3 is 0 Å². The van der Waals surface area contributed by atoms with Crippen LogP contribution in [0.4, 0.5) is 10.1 Å². The second-order valence-corrected chi connectivity index (χ2v) is 7.01. The van der Waals surface area contributed by atoms with Crippen LogP contribution in [0.1, 0.15) is 15.9 Å². The molecule has 134 valence electrons. The molecule has 26 heavy (non-hydrogen) atoms. The van der Waals surface area contributed by atoms with Gasteiger partial charge in [0.1, 0.15) is 10.7 Å². The molecule has 6 nitrogen and oxygen atoms in total. The highest BCUT2D eigenvalue weighted by Crippen LogP contribution is 2.18. The molecular formula is C18H16FN3O3S. The number of carbonyl (C=O) groups excluding carboxylic acids is 1. The Balaban J connectivity index is 2.23. The Bertz CT molecular complexity index is 964. The summed E-state index contributed by atoms with van der Waals surface area (Å²) in [5.41, 5.74) is 1.26. The number of nitrogens with one attached hydrogen (secondary N) is 2. The summed E-state index contributed by atoms with van der Waals surface area (Å²) in [6.45, 7) is 3.33. The summed E-state index contributed by atoms with van der Waals surface area (Å²) in [5, 5.41) is 11.2. The molecule has 1 amide bonds. The van der Waals surface area contributed by atoms with E-state index >= 15 is 0 Å². The molecule has 2 rings (SSSR count). The maximum atomic E-state index is 13.9. The van der Waals surface area contributed by atoms with Crippen LogP contribution in [0, 0.1) is 17.1 Å². The van der Waals surface area contributed by atoms with Crippen molar-refractivity contribution >= 4 is 21.6 Å². The Morgan fingerprint density at radius 3 is 2.54 bits per heavy atom. The number of anilines is 1. The number of nitriles is 1. The van der Waals surface area contributed by atoms with Gasteiger partial charge in [-0.2, -0.15) is 5.26 Å². The topological polar surface area (TPSA) is 99.1 Å². The number of amides is 1. The van der Waals surface area contributed by atoms with Crippen LogP contribution in [0.5, 0.6) is 0 Å². The molecule has 0 bridgehead atoms. The molecule has 0 spiro atoms. The van der Waals surface area contributed by atoms with E-state index < -0.39 is 26.6 Å². The summed E-state index contributed by atoms with van der Waals surface area (Å²) in [5.74, 6) is -1.54. The van der Waals surface area contributed by atoms with E-state index in [-0.39, 0.29) is 18.5 Å². The molecule has 0 aliphatic rings. The van der Waals surface area contributed by atoms with E-state index in [1.165, 1.54) is 12.1 Å². The van der Waals surface area contributed by atoms with Crippen molar-refractivity contribution < 1.29 is 17.6 Å². The van der Waals surface area contributed by atoms with E-state index in [9.17, 15) is 17.6 Å². The van der Waals surface area contributed by atoms with Crippen LogP contribution < -0.4 is 10.0 Å². The van der Waals surface area contributed by atoms with E-state index in [4.69, 9.17) is 5.26 Å². The predicted molar refractivity (Wildman–Crippen MR) is 95.5 cm³/mol. The SMILES string of the molecule is C=CCNS(=O)(=O)c1cc(C(=O)Nc2ccc(CC#N)cc2)ccc1F. The van der Waals surface area contributed by atoms with Gasteiger partial charge in [0.05, 0.1) is 12.5 Å². The first-order valence-corrected chi connectivity index (χ1v) is 9.03. The van der Waals surface area contributed by atoms with Crippen LogP contribution in [0.15, 0.2) is 60.0 Å². The molecule has 0 atom stereocenters. The lowest BCUT2D eigenvalue weighted by molar-refractivity contribution is 0.102. The first-order chi connectivity index (χ1) is 12.4. The van der Waals surface area contributed by atoms with E-state index in [0.717, 1.165) is 17.7 Å². The molecule has 2 N–H and O–H groups in total. The van der Waals surface area contributed by atoms with Gasteiger partial charge in [-0.1, -0.05) is 18.2 Å². The normalized spacial score (nSPS) is 10.8. The minimum atomic E-state index is -4.10. The van der Waals surface area contributed by atoms with Gasteiger partial charge in [-0.3, -0.25) is 4.79 Å². The number of nitrogens with zero attached hydrogens (tertiary/aromatic N) is 1. The van der Waals surface area contributed by atoms with Gasteiger partial charge < -0.3 is 5.32 Å². The number of hydrogen-bond acceptors (Lipinski definition) is 4. The molecule has 0 saturated carbocycles. The third kappa shape index (κ3) is 4.75. The van der Waals surface area contributed by atoms with Crippen LogP contribution in [0.25, 0.3) is 0 Å². The zero-order valence-electron chi connectivity index (χ0n) is 13.7. The second-order valence-electron chi connectivity index (χ2n) is 5.27. The Morgan fingerprint density at radius 2 is 1.92 bits per heavy atom. The first kappa shape index (κ1) is 19.3. The van der Waals surface area contributed by atoms with Crippen LogP contribution in [0.2, 0.25) is 0 Å². The smallest absolute Gasteiger partial charge is 0.255 e. The van der Waals surface area contributed by atoms with E-state index in [1.54, 1.807) is 24.3 Å². The highest BCUT2D eigenvalue weighted by Gasteiger charge is 2.20. The highest BCUT2D eigenvalue weighted by atomic mass is 32.2. The summed E-state index contributed by atoms with van der Waals surface area (Å²) >= 11 is 0. The fourth-order valence-corrected chi connectivity index (χ4v) is 3.20. The first-order valence-electron chi connectivity index (χ1n) is 7.54. The van der Waals surface area contributed by atoms with Crippen molar-refractivity contribution in [1.29, 1.82) is 5.26 Å². The maximum absolute atomic E-state index is 13.9. The monoisotopic (exact) mass is 373 g/mol. The average molecular weight is 373 g/mol. The molecule has 0 aliphatic heterocycles. The van der Waals surface area contributed by atoms with Crippen molar-refractivity contribution in [1.82, 2.24) is 4.72 Å². The van der Waals surface area contributed by atoms with E-state index in [1.807, 2.05) is 6.07 Å². The summed E-state index contributed by atoms with van der Waals surface area (Å²) in [6.07, 6.45) is 1.58. The number of rotatable bonds is 7. The fourth-order valence-electron chi connectivity index (χ4n) is 2.10. The zero-order chi connectivity index (χ0) is 19.2. The van der Waals surface area contributed by atoms with Crippen molar-refractivity contribution in [3.8, 4) is 6.07 Å². The Hall–Kier alpha value is -3.02. The Kier molecular flexibility index (Phi) is 6.22. The van der Waals surface area contributed by atoms with E-state index in [2.05, 4.69) is 16.6 Å². The summed E-state index contributed by atoms with van der Waals surface area (Å²) in [6, 6.07) is 11.7. The molecule has 2 aromatic rings. The lowest BCUT2D eigenvalue weighted by Crippen LogP contribution is -2.25. The fraction of sp³-hybridized carbons (Fsp3) is 0.111. The van der Waals surface area contributed by atoms with Gasteiger partial charge in [0.2, 0.25) is 10.0 Å². The highest BCUT2D eigenvalue weighted by molar-refractivity contribution is 7.89. The van der Waals surface area contributed by atoms with Crippen molar-refractivity contribution in [3.63, 3.8) is 0 Å². The van der Waals surface area contributed by atoms with Crippen molar-refractivity contribution in [2.45, 2.75) is 11.3 Å². The summed E-state index contributed by atoms with van der Waals surface area (Å²) in [4.78, 5) is 11.7. The van der Waals surface area contributed by atoms with Crippen LogP contribution in [0.3, 0.4) is 0 Å². The summed E-state index contributed by atoms with van der Waals surface area (Å²) in [7, 11) is -4.10. The minimum Gasteiger partial charge on any atom is -0.322 e. The van der Waals surface area contributed by atoms with Gasteiger partial charge in [0.25, 0.3) is 5.91 Å². The number of halogens is 1. The molecular weight excluding hydrogens is 357 g/mol. The average Bonchev–Trinajstić information content (AvgIpc) is 2.62. The molecule has 0 unspecified atom stereocenters. The molecule has 2 aromatic carbocycles. The lowest BCUT2D eigenvalue weighted by atomic mass is 10.1. The third-order valence-electron chi connectivity index (χ3n) is 3.40. The van der Waals surface area contributed by atoms with Crippen molar-refractivity contribution in [2.24, 2.45) is 0 Å². The van der Waals surface area contributed by atoms with Crippen LogP contribution >= 0.6 is 0 Å². The number of benzene rings is 2. The molecule has 0 fully saturated rings.